The summed E-state index contributed by atoms with van der Waals surface area (Å²) in [6.07, 6.45) is 2.83. The molecule has 0 radical (unpaired) electrons. The van der Waals surface area contributed by atoms with Crippen LogP contribution in [0.1, 0.15) is 17.2 Å². The van der Waals surface area contributed by atoms with Crippen LogP contribution in [0.5, 0.6) is 5.75 Å². The SMILES string of the molecule is Cc1cnn(CC(O)c2ccccc2O)c1. The number of aliphatic hydroxyl groups is 1. The molecule has 2 aromatic rings. The molecule has 0 aliphatic rings. The van der Waals surface area contributed by atoms with E-state index in [1.807, 2.05) is 13.1 Å². The first kappa shape index (κ1) is 10.7. The number of aliphatic hydroxyl groups excluding tert-OH is 1. The van der Waals surface area contributed by atoms with Crippen molar-refractivity contribution in [2.24, 2.45) is 0 Å². The van der Waals surface area contributed by atoms with Gasteiger partial charge in [-0.05, 0) is 18.6 Å². The maximum Gasteiger partial charge on any atom is 0.121 e. The second-order valence-electron chi connectivity index (χ2n) is 3.81. The number of phenolic OH excluding ortho intramolecular Hbond substituents is 1. The minimum absolute atomic E-state index is 0.110. The molecule has 0 amide bonds. The van der Waals surface area contributed by atoms with Crippen molar-refractivity contribution < 1.29 is 10.2 Å². The second-order valence-corrected chi connectivity index (χ2v) is 3.81. The lowest BCUT2D eigenvalue weighted by Gasteiger charge is -2.12. The van der Waals surface area contributed by atoms with Crippen LogP contribution in [0.15, 0.2) is 36.7 Å². The molecule has 1 heterocycles. The summed E-state index contributed by atoms with van der Waals surface area (Å²) in [4.78, 5) is 0. The lowest BCUT2D eigenvalue weighted by molar-refractivity contribution is 0.148. The summed E-state index contributed by atoms with van der Waals surface area (Å²) < 4.78 is 1.66. The Morgan fingerprint density at radius 1 is 1.38 bits per heavy atom. The molecule has 4 heteroatoms. The Bertz CT molecular complexity index is 479. The van der Waals surface area contributed by atoms with Gasteiger partial charge in [0.2, 0.25) is 0 Å². The zero-order valence-corrected chi connectivity index (χ0v) is 9.04. The number of aromatic nitrogens is 2. The average molecular weight is 218 g/mol. The molecule has 84 valence electrons. The number of para-hydroxylation sites is 1. The van der Waals surface area contributed by atoms with E-state index >= 15 is 0 Å². The van der Waals surface area contributed by atoms with Gasteiger partial charge < -0.3 is 10.2 Å². The number of aryl methyl sites for hydroxylation is 1. The Labute approximate surface area is 93.8 Å². The van der Waals surface area contributed by atoms with Crippen molar-refractivity contribution in [2.45, 2.75) is 19.6 Å². The Morgan fingerprint density at radius 2 is 2.12 bits per heavy atom. The van der Waals surface area contributed by atoms with Crippen LogP contribution < -0.4 is 0 Å². The van der Waals surface area contributed by atoms with Gasteiger partial charge in [-0.3, -0.25) is 4.68 Å². The monoisotopic (exact) mass is 218 g/mol. The van der Waals surface area contributed by atoms with E-state index in [1.165, 1.54) is 0 Å². The van der Waals surface area contributed by atoms with Crippen molar-refractivity contribution in [1.82, 2.24) is 9.78 Å². The third-order valence-corrected chi connectivity index (χ3v) is 2.42. The van der Waals surface area contributed by atoms with Crippen LogP contribution in [0.2, 0.25) is 0 Å². The molecular weight excluding hydrogens is 204 g/mol. The Kier molecular flexibility index (Phi) is 2.92. The Morgan fingerprint density at radius 3 is 2.75 bits per heavy atom. The number of phenols is 1. The molecule has 0 aliphatic carbocycles. The predicted octanol–water partition coefficient (Wildman–Crippen LogP) is 1.63. The van der Waals surface area contributed by atoms with E-state index in [0.717, 1.165) is 5.56 Å². The van der Waals surface area contributed by atoms with Crippen molar-refractivity contribution in [2.75, 3.05) is 0 Å². The quantitative estimate of drug-likeness (QED) is 0.823. The van der Waals surface area contributed by atoms with Crippen LogP contribution in [0, 0.1) is 6.92 Å². The molecule has 1 aromatic heterocycles. The van der Waals surface area contributed by atoms with Crippen LogP contribution in [0.3, 0.4) is 0 Å². The Balaban J connectivity index is 2.14. The summed E-state index contributed by atoms with van der Waals surface area (Å²) in [5, 5.41) is 23.6. The molecule has 2 rings (SSSR count). The van der Waals surface area contributed by atoms with E-state index in [2.05, 4.69) is 5.10 Å². The van der Waals surface area contributed by atoms with Crippen molar-refractivity contribution in [1.29, 1.82) is 0 Å². The zero-order chi connectivity index (χ0) is 11.5. The predicted molar refractivity (Wildman–Crippen MR) is 60.0 cm³/mol. The van der Waals surface area contributed by atoms with Gasteiger partial charge in [-0.2, -0.15) is 5.10 Å². The van der Waals surface area contributed by atoms with Gasteiger partial charge in [0.15, 0.2) is 0 Å². The van der Waals surface area contributed by atoms with Gasteiger partial charge in [0, 0.05) is 11.8 Å². The smallest absolute Gasteiger partial charge is 0.121 e. The minimum Gasteiger partial charge on any atom is -0.508 e. The third kappa shape index (κ3) is 2.23. The van der Waals surface area contributed by atoms with Gasteiger partial charge in [0.05, 0.1) is 12.7 Å². The molecule has 16 heavy (non-hydrogen) atoms. The summed E-state index contributed by atoms with van der Waals surface area (Å²) in [5.74, 6) is 0.110. The van der Waals surface area contributed by atoms with Crippen LogP contribution in [0.4, 0.5) is 0 Å². The molecule has 0 saturated heterocycles. The first-order valence-electron chi connectivity index (χ1n) is 5.12. The van der Waals surface area contributed by atoms with Gasteiger partial charge in [0.1, 0.15) is 11.9 Å². The number of hydrogen-bond acceptors (Lipinski definition) is 3. The van der Waals surface area contributed by atoms with Gasteiger partial charge in [-0.1, -0.05) is 18.2 Å². The van der Waals surface area contributed by atoms with Crippen molar-refractivity contribution in [3.63, 3.8) is 0 Å². The van der Waals surface area contributed by atoms with E-state index in [1.54, 1.807) is 35.1 Å². The van der Waals surface area contributed by atoms with Gasteiger partial charge in [-0.25, -0.2) is 0 Å². The fourth-order valence-electron chi connectivity index (χ4n) is 1.61. The lowest BCUT2D eigenvalue weighted by Crippen LogP contribution is -2.09. The van der Waals surface area contributed by atoms with E-state index in [-0.39, 0.29) is 5.75 Å². The molecule has 2 N–H and O–H groups in total. The fraction of sp³-hybridized carbons (Fsp3) is 0.250. The van der Waals surface area contributed by atoms with Crippen LogP contribution in [0.25, 0.3) is 0 Å². The molecule has 0 fully saturated rings. The highest BCUT2D eigenvalue weighted by Gasteiger charge is 2.12. The molecule has 0 aliphatic heterocycles. The topological polar surface area (TPSA) is 58.3 Å². The lowest BCUT2D eigenvalue weighted by atomic mass is 10.1. The van der Waals surface area contributed by atoms with Crippen LogP contribution >= 0.6 is 0 Å². The van der Waals surface area contributed by atoms with Crippen molar-refractivity contribution >= 4 is 0 Å². The first-order chi connectivity index (χ1) is 7.66. The number of benzene rings is 1. The van der Waals surface area contributed by atoms with E-state index in [4.69, 9.17) is 0 Å². The van der Waals surface area contributed by atoms with Gasteiger partial charge in [0.25, 0.3) is 0 Å². The maximum absolute atomic E-state index is 9.94. The summed E-state index contributed by atoms with van der Waals surface area (Å²) in [7, 11) is 0. The summed E-state index contributed by atoms with van der Waals surface area (Å²) in [6, 6.07) is 6.78. The summed E-state index contributed by atoms with van der Waals surface area (Å²) in [6.45, 7) is 2.28. The second kappa shape index (κ2) is 4.37. The molecule has 0 spiro atoms. The number of rotatable bonds is 3. The zero-order valence-electron chi connectivity index (χ0n) is 9.04. The number of hydrogen-bond donors (Lipinski definition) is 2. The van der Waals surface area contributed by atoms with Crippen LogP contribution in [-0.2, 0) is 6.54 Å². The highest BCUT2D eigenvalue weighted by atomic mass is 16.3. The van der Waals surface area contributed by atoms with Crippen molar-refractivity contribution in [3.8, 4) is 5.75 Å². The average Bonchev–Trinajstić information content (AvgIpc) is 2.64. The van der Waals surface area contributed by atoms with Crippen molar-refractivity contribution in [3.05, 3.63) is 47.8 Å². The van der Waals surface area contributed by atoms with E-state index in [0.29, 0.717) is 12.1 Å². The van der Waals surface area contributed by atoms with E-state index in [9.17, 15) is 10.2 Å². The van der Waals surface area contributed by atoms with Gasteiger partial charge >= 0.3 is 0 Å². The normalized spacial score (nSPS) is 12.6. The number of nitrogens with zero attached hydrogens (tertiary/aromatic N) is 2. The summed E-state index contributed by atoms with van der Waals surface area (Å²) >= 11 is 0. The standard InChI is InChI=1S/C12H14N2O2/c1-9-6-13-14(7-9)8-12(16)10-4-2-3-5-11(10)15/h2-7,12,15-16H,8H2,1H3. The molecule has 0 bridgehead atoms. The van der Waals surface area contributed by atoms with Crippen LogP contribution in [-0.4, -0.2) is 20.0 Å². The van der Waals surface area contributed by atoms with Gasteiger partial charge in [-0.15, -0.1) is 0 Å². The fourth-order valence-corrected chi connectivity index (χ4v) is 1.61. The number of aromatic hydroxyl groups is 1. The molecule has 4 nitrogen and oxygen atoms in total. The molecular formula is C12H14N2O2. The highest BCUT2D eigenvalue weighted by Crippen LogP contribution is 2.24. The van der Waals surface area contributed by atoms with E-state index < -0.39 is 6.10 Å². The minimum atomic E-state index is -0.750. The molecule has 1 unspecified atom stereocenters. The third-order valence-electron chi connectivity index (χ3n) is 2.42. The Hall–Kier alpha value is -1.81. The largest absolute Gasteiger partial charge is 0.508 e. The molecule has 1 aromatic carbocycles. The first-order valence-corrected chi connectivity index (χ1v) is 5.12. The molecule has 0 saturated carbocycles. The maximum atomic E-state index is 9.94. The summed E-state index contributed by atoms with van der Waals surface area (Å²) in [5.41, 5.74) is 1.57. The molecule has 1 atom stereocenters. The highest BCUT2D eigenvalue weighted by molar-refractivity contribution is 5.33.